The Hall–Kier alpha value is -2.94. The van der Waals surface area contributed by atoms with E-state index in [1.807, 2.05) is 31.2 Å². The Morgan fingerprint density at radius 3 is 2.58 bits per heavy atom. The fourth-order valence-electron chi connectivity index (χ4n) is 3.12. The van der Waals surface area contributed by atoms with Crippen LogP contribution in [0.5, 0.6) is 17.2 Å². The van der Waals surface area contributed by atoms with Crippen LogP contribution in [-0.2, 0) is 14.8 Å². The first kappa shape index (κ1) is 22.7. The Labute approximate surface area is 183 Å². The summed E-state index contributed by atoms with van der Waals surface area (Å²) in [5.41, 5.74) is 1.35. The van der Waals surface area contributed by atoms with Crippen LogP contribution in [0.15, 0.2) is 42.5 Å². The van der Waals surface area contributed by atoms with Crippen LogP contribution in [0.4, 0.5) is 5.69 Å². The molecule has 0 bridgehead atoms. The van der Waals surface area contributed by atoms with E-state index in [1.54, 1.807) is 25.1 Å². The van der Waals surface area contributed by atoms with Gasteiger partial charge in [-0.1, -0.05) is 18.2 Å². The van der Waals surface area contributed by atoms with E-state index in [1.165, 1.54) is 6.92 Å². The van der Waals surface area contributed by atoms with Crippen molar-refractivity contribution in [1.82, 2.24) is 5.32 Å². The number of para-hydroxylation sites is 1. The maximum Gasteiger partial charge on any atom is 0.241 e. The SMILES string of the molecule is CCS(=O)(=O)N(CC(=O)N[C@H](C)COc1ccccc1C)c1ccc2c(c1)OCCO2. The minimum atomic E-state index is -3.69. The van der Waals surface area contributed by atoms with Gasteiger partial charge in [0.2, 0.25) is 15.9 Å². The molecule has 3 rings (SSSR count). The van der Waals surface area contributed by atoms with E-state index in [0.717, 1.165) is 15.6 Å². The molecule has 1 heterocycles. The summed E-state index contributed by atoms with van der Waals surface area (Å²) in [6.07, 6.45) is 0. The molecule has 2 aromatic carbocycles. The lowest BCUT2D eigenvalue weighted by molar-refractivity contribution is -0.120. The van der Waals surface area contributed by atoms with Gasteiger partial charge >= 0.3 is 0 Å². The molecule has 1 amide bonds. The second kappa shape index (κ2) is 9.91. The van der Waals surface area contributed by atoms with E-state index >= 15 is 0 Å². The summed E-state index contributed by atoms with van der Waals surface area (Å²) >= 11 is 0. The van der Waals surface area contributed by atoms with Crippen LogP contribution in [0.1, 0.15) is 19.4 Å². The summed E-state index contributed by atoms with van der Waals surface area (Å²) in [5, 5.41) is 2.80. The number of benzene rings is 2. The van der Waals surface area contributed by atoms with Gasteiger partial charge in [-0.25, -0.2) is 8.42 Å². The van der Waals surface area contributed by atoms with Crippen LogP contribution in [0, 0.1) is 6.92 Å². The summed E-state index contributed by atoms with van der Waals surface area (Å²) in [7, 11) is -3.69. The van der Waals surface area contributed by atoms with Crippen LogP contribution in [0.3, 0.4) is 0 Å². The predicted molar refractivity (Wildman–Crippen MR) is 119 cm³/mol. The highest BCUT2D eigenvalue weighted by Gasteiger charge is 2.26. The number of aryl methyl sites for hydroxylation is 1. The molecular weight excluding hydrogens is 420 g/mol. The van der Waals surface area contributed by atoms with Gasteiger partial charge in [0, 0.05) is 6.07 Å². The molecule has 2 aromatic rings. The molecule has 0 aliphatic carbocycles. The van der Waals surface area contributed by atoms with Crippen LogP contribution < -0.4 is 23.8 Å². The number of fused-ring (bicyclic) bond motifs is 1. The van der Waals surface area contributed by atoms with E-state index < -0.39 is 15.9 Å². The number of rotatable bonds is 9. The number of anilines is 1. The number of hydrogen-bond donors (Lipinski definition) is 1. The molecule has 0 fully saturated rings. The monoisotopic (exact) mass is 448 g/mol. The average molecular weight is 449 g/mol. The van der Waals surface area contributed by atoms with Crippen molar-refractivity contribution in [1.29, 1.82) is 0 Å². The smallest absolute Gasteiger partial charge is 0.241 e. The number of nitrogens with zero attached hydrogens (tertiary/aromatic N) is 1. The highest BCUT2D eigenvalue weighted by Crippen LogP contribution is 2.34. The Morgan fingerprint density at radius 2 is 1.87 bits per heavy atom. The third-order valence-corrected chi connectivity index (χ3v) is 6.53. The maximum absolute atomic E-state index is 12.7. The van der Waals surface area contributed by atoms with E-state index in [9.17, 15) is 13.2 Å². The van der Waals surface area contributed by atoms with Gasteiger partial charge in [-0.15, -0.1) is 0 Å². The molecule has 1 aliphatic rings. The van der Waals surface area contributed by atoms with Crippen LogP contribution in [0.25, 0.3) is 0 Å². The van der Waals surface area contributed by atoms with Crippen molar-refractivity contribution >= 4 is 21.6 Å². The largest absolute Gasteiger partial charge is 0.491 e. The number of carbonyl (C=O) groups is 1. The average Bonchev–Trinajstić information content (AvgIpc) is 2.76. The highest BCUT2D eigenvalue weighted by molar-refractivity contribution is 7.92. The molecule has 0 spiro atoms. The van der Waals surface area contributed by atoms with Crippen LogP contribution in [-0.4, -0.2) is 52.5 Å². The summed E-state index contributed by atoms with van der Waals surface area (Å²) in [5.74, 6) is 1.19. The molecule has 168 valence electrons. The zero-order chi connectivity index (χ0) is 22.4. The van der Waals surface area contributed by atoms with Gasteiger partial charge in [0.15, 0.2) is 11.5 Å². The lowest BCUT2D eigenvalue weighted by Crippen LogP contribution is -2.45. The van der Waals surface area contributed by atoms with Gasteiger partial charge in [0.25, 0.3) is 0 Å². The molecule has 1 atom stereocenters. The van der Waals surface area contributed by atoms with E-state index in [2.05, 4.69) is 5.32 Å². The predicted octanol–water partition coefficient (Wildman–Crippen LogP) is 2.51. The van der Waals surface area contributed by atoms with Crippen LogP contribution >= 0.6 is 0 Å². The Morgan fingerprint density at radius 1 is 1.16 bits per heavy atom. The second-order valence-electron chi connectivity index (χ2n) is 7.28. The molecule has 0 saturated heterocycles. The third kappa shape index (κ3) is 5.81. The van der Waals surface area contributed by atoms with Gasteiger partial charge in [0.05, 0.1) is 17.5 Å². The molecule has 0 aromatic heterocycles. The normalized spacial score (nSPS) is 13.9. The van der Waals surface area contributed by atoms with Crippen molar-refractivity contribution < 1.29 is 27.4 Å². The van der Waals surface area contributed by atoms with Crippen LogP contribution in [0.2, 0.25) is 0 Å². The molecule has 8 nitrogen and oxygen atoms in total. The lowest BCUT2D eigenvalue weighted by Gasteiger charge is -2.26. The third-order valence-electron chi connectivity index (χ3n) is 4.79. The summed E-state index contributed by atoms with van der Waals surface area (Å²) < 4.78 is 43.3. The highest BCUT2D eigenvalue weighted by atomic mass is 32.2. The van der Waals surface area contributed by atoms with Gasteiger partial charge in [0.1, 0.15) is 32.1 Å². The molecule has 1 aliphatic heterocycles. The molecule has 31 heavy (non-hydrogen) atoms. The fourth-order valence-corrected chi connectivity index (χ4v) is 4.18. The zero-order valence-corrected chi connectivity index (χ0v) is 18.8. The molecule has 0 radical (unpaired) electrons. The zero-order valence-electron chi connectivity index (χ0n) is 18.0. The number of sulfonamides is 1. The number of carbonyl (C=O) groups excluding carboxylic acids is 1. The second-order valence-corrected chi connectivity index (χ2v) is 9.46. The minimum absolute atomic E-state index is 0.138. The Bertz CT molecular complexity index is 1020. The van der Waals surface area contributed by atoms with Gasteiger partial charge in [-0.2, -0.15) is 0 Å². The molecule has 0 saturated carbocycles. The number of ether oxygens (including phenoxy) is 3. The van der Waals surface area contributed by atoms with Crippen molar-refractivity contribution in [2.75, 3.05) is 36.4 Å². The maximum atomic E-state index is 12.7. The molecule has 9 heteroatoms. The van der Waals surface area contributed by atoms with Crippen molar-refractivity contribution in [2.45, 2.75) is 26.8 Å². The standard InChI is InChI=1S/C22H28N2O6S/c1-4-31(26,27)24(18-9-10-20-21(13-18)29-12-11-28-20)14-22(25)23-17(3)15-30-19-8-6-5-7-16(19)2/h5-10,13,17H,4,11-12,14-15H2,1-3H3,(H,23,25)/t17-/m1/s1. The fraction of sp³-hybridized carbons (Fsp3) is 0.409. The first-order chi connectivity index (χ1) is 14.8. The summed E-state index contributed by atoms with van der Waals surface area (Å²) in [4.78, 5) is 12.6. The number of nitrogens with one attached hydrogen (secondary N) is 1. The Kier molecular flexibility index (Phi) is 7.27. The van der Waals surface area contributed by atoms with E-state index in [-0.39, 0.29) is 24.9 Å². The molecule has 0 unspecified atom stereocenters. The van der Waals surface area contributed by atoms with Crippen molar-refractivity contribution in [3.05, 3.63) is 48.0 Å². The van der Waals surface area contributed by atoms with Gasteiger partial charge < -0.3 is 19.5 Å². The Balaban J connectivity index is 1.67. The molecular formula is C22H28N2O6S. The van der Waals surface area contributed by atoms with E-state index in [0.29, 0.717) is 30.4 Å². The molecule has 1 N–H and O–H groups in total. The van der Waals surface area contributed by atoms with Gasteiger partial charge in [-0.3, -0.25) is 9.10 Å². The first-order valence-electron chi connectivity index (χ1n) is 10.2. The van der Waals surface area contributed by atoms with Crippen molar-refractivity contribution in [2.24, 2.45) is 0 Å². The summed E-state index contributed by atoms with van der Waals surface area (Å²) in [6, 6.07) is 12.1. The number of hydrogen-bond acceptors (Lipinski definition) is 6. The van der Waals surface area contributed by atoms with Crippen molar-refractivity contribution in [3.8, 4) is 17.2 Å². The quantitative estimate of drug-likeness (QED) is 0.634. The topological polar surface area (TPSA) is 94.2 Å². The van der Waals surface area contributed by atoms with E-state index in [4.69, 9.17) is 14.2 Å². The van der Waals surface area contributed by atoms with Crippen molar-refractivity contribution in [3.63, 3.8) is 0 Å². The lowest BCUT2D eigenvalue weighted by atomic mass is 10.2. The first-order valence-corrected chi connectivity index (χ1v) is 11.8. The minimum Gasteiger partial charge on any atom is -0.491 e. The summed E-state index contributed by atoms with van der Waals surface area (Å²) in [6.45, 7) is 6.03. The number of amides is 1. The van der Waals surface area contributed by atoms with Gasteiger partial charge in [-0.05, 0) is 44.5 Å².